The molecule has 1 aliphatic rings. The number of likely N-dealkylation sites (N-methyl/N-ethyl adjacent to an activating group) is 1. The predicted molar refractivity (Wildman–Crippen MR) is 119 cm³/mol. The molecule has 1 aromatic rings. The number of benzene rings is 1. The topological polar surface area (TPSA) is 125 Å². The van der Waals surface area contributed by atoms with E-state index in [9.17, 15) is 22.8 Å². The van der Waals surface area contributed by atoms with Crippen molar-refractivity contribution >= 4 is 27.7 Å². The van der Waals surface area contributed by atoms with Gasteiger partial charge in [0.2, 0.25) is 27.7 Å². The fraction of sp³-hybridized carbons (Fsp3) is 0.571. The predicted octanol–water partition coefficient (Wildman–Crippen LogP) is 0.0902. The highest BCUT2D eigenvalue weighted by molar-refractivity contribution is 7.88. The molecule has 10 nitrogen and oxygen atoms in total. The molecule has 2 rings (SSSR count). The Hall–Kier alpha value is -2.66. The minimum absolute atomic E-state index is 0.186. The van der Waals surface area contributed by atoms with Gasteiger partial charge in [0.05, 0.1) is 26.0 Å². The van der Waals surface area contributed by atoms with Crippen molar-refractivity contribution in [3.8, 4) is 5.75 Å². The van der Waals surface area contributed by atoms with Crippen LogP contribution in [-0.2, 0) is 31.0 Å². The summed E-state index contributed by atoms with van der Waals surface area (Å²) in [5.41, 5.74) is -0.548. The van der Waals surface area contributed by atoms with Crippen molar-refractivity contribution in [2.75, 3.05) is 39.5 Å². The van der Waals surface area contributed by atoms with Gasteiger partial charge in [-0.25, -0.2) is 8.42 Å². The highest BCUT2D eigenvalue weighted by atomic mass is 32.2. The number of nitrogens with zero attached hydrogens (tertiary/aromatic N) is 2. The van der Waals surface area contributed by atoms with Gasteiger partial charge < -0.3 is 20.3 Å². The van der Waals surface area contributed by atoms with Gasteiger partial charge in [-0.05, 0) is 31.0 Å². The SMILES string of the molecule is CCCCOc1ccc(CNC(=O)CNC(=O)[C@@]2(C)CN(S(C)(=O)=O)CC(=O)N2C)cc1. The van der Waals surface area contributed by atoms with E-state index >= 15 is 0 Å². The number of hydrogen-bond acceptors (Lipinski definition) is 6. The van der Waals surface area contributed by atoms with Crippen LogP contribution >= 0.6 is 0 Å². The number of carbonyl (C=O) groups is 3. The Bertz CT molecular complexity index is 934. The Morgan fingerprint density at radius 2 is 1.84 bits per heavy atom. The molecule has 0 radical (unpaired) electrons. The van der Waals surface area contributed by atoms with Gasteiger partial charge in [-0.15, -0.1) is 0 Å². The molecule has 0 aliphatic carbocycles. The van der Waals surface area contributed by atoms with Crippen LogP contribution in [0.2, 0.25) is 0 Å². The zero-order chi connectivity index (χ0) is 23.9. The lowest BCUT2D eigenvalue weighted by Crippen LogP contribution is -2.68. The second-order valence-electron chi connectivity index (χ2n) is 8.06. The van der Waals surface area contributed by atoms with Crippen molar-refractivity contribution in [1.82, 2.24) is 19.8 Å². The van der Waals surface area contributed by atoms with E-state index in [0.717, 1.165) is 34.7 Å². The molecule has 178 valence electrons. The molecule has 1 fully saturated rings. The van der Waals surface area contributed by atoms with Gasteiger partial charge in [-0.2, -0.15) is 4.31 Å². The zero-order valence-electron chi connectivity index (χ0n) is 19.0. The van der Waals surface area contributed by atoms with Crippen LogP contribution in [0.15, 0.2) is 24.3 Å². The molecule has 1 saturated heterocycles. The van der Waals surface area contributed by atoms with Crippen molar-refractivity contribution < 1.29 is 27.5 Å². The summed E-state index contributed by atoms with van der Waals surface area (Å²) in [6.07, 6.45) is 3.03. The molecule has 0 spiro atoms. The number of sulfonamides is 1. The average Bonchev–Trinajstić information content (AvgIpc) is 2.74. The number of hydrogen-bond donors (Lipinski definition) is 2. The third-order valence-electron chi connectivity index (χ3n) is 5.46. The molecular weight excluding hydrogens is 436 g/mol. The van der Waals surface area contributed by atoms with E-state index in [0.29, 0.717) is 6.61 Å². The van der Waals surface area contributed by atoms with Crippen molar-refractivity contribution in [3.05, 3.63) is 29.8 Å². The van der Waals surface area contributed by atoms with Crippen LogP contribution in [0.5, 0.6) is 5.75 Å². The fourth-order valence-electron chi connectivity index (χ4n) is 3.15. The van der Waals surface area contributed by atoms with Crippen LogP contribution < -0.4 is 15.4 Å². The molecule has 1 aromatic carbocycles. The van der Waals surface area contributed by atoms with Crippen LogP contribution in [-0.4, -0.2) is 80.4 Å². The number of amides is 3. The first-order valence-corrected chi connectivity index (χ1v) is 12.3. The van der Waals surface area contributed by atoms with Crippen molar-refractivity contribution in [2.24, 2.45) is 0 Å². The van der Waals surface area contributed by atoms with E-state index in [1.54, 1.807) is 0 Å². The van der Waals surface area contributed by atoms with Crippen LogP contribution in [0.4, 0.5) is 0 Å². The summed E-state index contributed by atoms with van der Waals surface area (Å²) >= 11 is 0. The molecule has 0 saturated carbocycles. The summed E-state index contributed by atoms with van der Waals surface area (Å²) in [5.74, 6) is -0.741. The monoisotopic (exact) mass is 468 g/mol. The normalized spacial score (nSPS) is 19.5. The number of carbonyl (C=O) groups excluding carboxylic acids is 3. The van der Waals surface area contributed by atoms with Gasteiger partial charge in [-0.1, -0.05) is 25.5 Å². The van der Waals surface area contributed by atoms with Gasteiger partial charge in [0.15, 0.2) is 0 Å². The average molecular weight is 469 g/mol. The second kappa shape index (κ2) is 10.8. The van der Waals surface area contributed by atoms with E-state index in [4.69, 9.17) is 4.74 Å². The molecule has 11 heteroatoms. The number of piperazine rings is 1. The van der Waals surface area contributed by atoms with Crippen LogP contribution in [0.25, 0.3) is 0 Å². The maximum atomic E-state index is 12.8. The highest BCUT2D eigenvalue weighted by Crippen LogP contribution is 2.22. The van der Waals surface area contributed by atoms with Crippen molar-refractivity contribution in [1.29, 1.82) is 0 Å². The Kier molecular flexibility index (Phi) is 8.62. The molecule has 32 heavy (non-hydrogen) atoms. The van der Waals surface area contributed by atoms with E-state index in [1.807, 2.05) is 24.3 Å². The molecule has 3 amide bonds. The van der Waals surface area contributed by atoms with Crippen molar-refractivity contribution in [2.45, 2.75) is 38.8 Å². The first kappa shape index (κ1) is 25.6. The zero-order valence-corrected chi connectivity index (χ0v) is 19.8. The number of nitrogens with one attached hydrogen (secondary N) is 2. The molecule has 0 aromatic heterocycles. The minimum atomic E-state index is -3.65. The fourth-order valence-corrected chi connectivity index (χ4v) is 3.98. The second-order valence-corrected chi connectivity index (χ2v) is 10.0. The van der Waals surface area contributed by atoms with Crippen molar-refractivity contribution in [3.63, 3.8) is 0 Å². The van der Waals surface area contributed by atoms with Crippen LogP contribution in [0, 0.1) is 0 Å². The summed E-state index contributed by atoms with van der Waals surface area (Å²) < 4.78 is 30.3. The number of unbranched alkanes of at least 4 members (excludes halogenated alkanes) is 1. The molecular formula is C21H32N4O6S. The lowest BCUT2D eigenvalue weighted by atomic mass is 9.96. The maximum Gasteiger partial charge on any atom is 0.247 e. The third kappa shape index (κ3) is 6.67. The minimum Gasteiger partial charge on any atom is -0.494 e. The first-order chi connectivity index (χ1) is 15.0. The summed E-state index contributed by atoms with van der Waals surface area (Å²) in [5, 5.41) is 5.22. The lowest BCUT2D eigenvalue weighted by molar-refractivity contribution is -0.150. The van der Waals surface area contributed by atoms with Gasteiger partial charge in [0, 0.05) is 20.1 Å². The third-order valence-corrected chi connectivity index (χ3v) is 6.65. The van der Waals surface area contributed by atoms with Crippen LogP contribution in [0.3, 0.4) is 0 Å². The quantitative estimate of drug-likeness (QED) is 0.469. The maximum absolute atomic E-state index is 12.8. The lowest BCUT2D eigenvalue weighted by Gasteiger charge is -2.44. The summed E-state index contributed by atoms with van der Waals surface area (Å²) in [7, 11) is -2.21. The molecule has 1 aliphatic heterocycles. The number of rotatable bonds is 10. The Morgan fingerprint density at radius 1 is 1.19 bits per heavy atom. The van der Waals surface area contributed by atoms with Gasteiger partial charge >= 0.3 is 0 Å². The summed E-state index contributed by atoms with van der Waals surface area (Å²) in [4.78, 5) is 38.4. The smallest absolute Gasteiger partial charge is 0.247 e. The molecule has 1 atom stereocenters. The van der Waals surface area contributed by atoms with Gasteiger partial charge in [-0.3, -0.25) is 14.4 Å². The standard InChI is InChI=1S/C21H32N4O6S/c1-5-6-11-31-17-9-7-16(8-10-17)12-22-18(26)13-23-20(28)21(2)15-25(32(4,29)30)14-19(27)24(21)3/h7-10H,5-6,11-15H2,1-4H3,(H,22,26)(H,23,28)/t21-/m1/s1. The number of ether oxygens (including phenoxy) is 1. The Balaban J connectivity index is 1.86. The highest BCUT2D eigenvalue weighted by Gasteiger charge is 2.47. The summed E-state index contributed by atoms with van der Waals surface area (Å²) in [6.45, 7) is 3.70. The first-order valence-electron chi connectivity index (χ1n) is 10.5. The Labute approximate surface area is 189 Å². The summed E-state index contributed by atoms with van der Waals surface area (Å²) in [6, 6.07) is 7.37. The molecule has 1 heterocycles. The molecule has 0 bridgehead atoms. The van der Waals surface area contributed by atoms with Crippen LogP contribution in [0.1, 0.15) is 32.3 Å². The Morgan fingerprint density at radius 3 is 2.44 bits per heavy atom. The van der Waals surface area contributed by atoms with E-state index in [2.05, 4.69) is 17.6 Å². The van der Waals surface area contributed by atoms with E-state index in [1.165, 1.54) is 18.9 Å². The van der Waals surface area contributed by atoms with E-state index in [-0.39, 0.29) is 26.2 Å². The molecule has 2 N–H and O–H groups in total. The van der Waals surface area contributed by atoms with Gasteiger partial charge in [0.25, 0.3) is 0 Å². The largest absolute Gasteiger partial charge is 0.494 e. The molecule has 0 unspecified atom stereocenters. The van der Waals surface area contributed by atoms with Gasteiger partial charge in [0.1, 0.15) is 11.3 Å². The van der Waals surface area contributed by atoms with E-state index < -0.39 is 33.3 Å².